The first-order valence-electron chi connectivity index (χ1n) is 9.99. The van der Waals surface area contributed by atoms with Crippen molar-refractivity contribution in [2.24, 2.45) is 5.92 Å². The second kappa shape index (κ2) is 8.08. The number of piperidine rings is 1. The van der Waals surface area contributed by atoms with Crippen LogP contribution >= 0.6 is 0 Å². The van der Waals surface area contributed by atoms with Crippen LogP contribution in [0.4, 0.5) is 10.6 Å². The van der Waals surface area contributed by atoms with Gasteiger partial charge in [0.1, 0.15) is 11.5 Å². The van der Waals surface area contributed by atoms with Crippen LogP contribution in [0.5, 0.6) is 0 Å². The Bertz CT molecular complexity index is 825. The van der Waals surface area contributed by atoms with E-state index in [1.165, 1.54) is 50.8 Å². The quantitative estimate of drug-likeness (QED) is 0.767. The van der Waals surface area contributed by atoms with Crippen LogP contribution in [0, 0.1) is 5.92 Å². The molecule has 2 fully saturated rings. The van der Waals surface area contributed by atoms with Gasteiger partial charge in [-0.1, -0.05) is 12.8 Å². The Morgan fingerprint density at radius 3 is 2.85 bits per heavy atom. The molecule has 0 aliphatic carbocycles. The fourth-order valence-electron chi connectivity index (χ4n) is 4.08. The zero-order valence-corrected chi connectivity index (χ0v) is 15.6. The number of anilines is 1. The molecular weight excluding hydrogens is 342 g/mol. The number of imidazole rings is 1. The van der Waals surface area contributed by atoms with Crippen LogP contribution in [-0.2, 0) is 11.2 Å². The van der Waals surface area contributed by atoms with Crippen molar-refractivity contribution in [1.29, 1.82) is 0 Å². The Hall–Kier alpha value is -2.41. The van der Waals surface area contributed by atoms with E-state index in [-0.39, 0.29) is 11.9 Å². The van der Waals surface area contributed by atoms with Crippen LogP contribution in [0.15, 0.2) is 24.5 Å². The Morgan fingerprint density at radius 2 is 2.04 bits per heavy atom. The standard InChI is InChI=1S/C20H27N5O2/c26-18-8-12-25(20(27)23-18)19-14-22-17-13-16(7-11-24(17)19)4-2-1-3-15-5-9-21-10-6-15/h7,11,13-15,21H,1-6,8-10,12H2,(H,23,26,27). The van der Waals surface area contributed by atoms with E-state index in [1.54, 1.807) is 11.1 Å². The fraction of sp³-hybridized carbons (Fsp3) is 0.550. The SMILES string of the molecule is O=C1CCN(c2cnc3cc(CCCCC4CCNCC4)ccn23)C(=O)N1. The van der Waals surface area contributed by atoms with Crippen LogP contribution in [-0.4, -0.2) is 41.0 Å². The molecule has 0 radical (unpaired) electrons. The van der Waals surface area contributed by atoms with Crippen molar-refractivity contribution in [3.63, 3.8) is 0 Å². The zero-order valence-electron chi connectivity index (χ0n) is 15.6. The van der Waals surface area contributed by atoms with E-state index < -0.39 is 0 Å². The lowest BCUT2D eigenvalue weighted by Crippen LogP contribution is -2.50. The van der Waals surface area contributed by atoms with Gasteiger partial charge in [-0.25, -0.2) is 9.78 Å². The molecule has 144 valence electrons. The zero-order chi connectivity index (χ0) is 18.6. The topological polar surface area (TPSA) is 78.7 Å². The highest BCUT2D eigenvalue weighted by Gasteiger charge is 2.26. The van der Waals surface area contributed by atoms with Gasteiger partial charge >= 0.3 is 6.03 Å². The van der Waals surface area contributed by atoms with E-state index in [0.29, 0.717) is 18.8 Å². The number of fused-ring (bicyclic) bond motifs is 1. The number of imide groups is 1. The molecule has 0 bridgehead atoms. The van der Waals surface area contributed by atoms with Crippen molar-refractivity contribution >= 4 is 23.4 Å². The summed E-state index contributed by atoms with van der Waals surface area (Å²) in [5.74, 6) is 1.37. The van der Waals surface area contributed by atoms with Crippen molar-refractivity contribution in [2.45, 2.75) is 44.9 Å². The van der Waals surface area contributed by atoms with E-state index in [2.05, 4.69) is 27.8 Å². The third-order valence-corrected chi connectivity index (χ3v) is 5.68. The van der Waals surface area contributed by atoms with E-state index in [0.717, 1.165) is 18.0 Å². The summed E-state index contributed by atoms with van der Waals surface area (Å²) >= 11 is 0. The van der Waals surface area contributed by atoms with E-state index in [1.807, 2.05) is 10.6 Å². The largest absolute Gasteiger partial charge is 0.329 e. The van der Waals surface area contributed by atoms with E-state index in [4.69, 9.17) is 0 Å². The third kappa shape index (κ3) is 4.13. The summed E-state index contributed by atoms with van der Waals surface area (Å²) in [4.78, 5) is 29.4. The Kier molecular flexibility index (Phi) is 5.38. The van der Waals surface area contributed by atoms with Crippen molar-refractivity contribution in [1.82, 2.24) is 20.0 Å². The van der Waals surface area contributed by atoms with Crippen molar-refractivity contribution in [3.05, 3.63) is 30.1 Å². The molecule has 2 aromatic rings. The second-order valence-corrected chi connectivity index (χ2v) is 7.57. The molecule has 4 rings (SSSR count). The summed E-state index contributed by atoms with van der Waals surface area (Å²) in [5, 5.41) is 5.78. The predicted molar refractivity (Wildman–Crippen MR) is 104 cm³/mol. The molecule has 7 heteroatoms. The van der Waals surface area contributed by atoms with Gasteiger partial charge in [-0.2, -0.15) is 0 Å². The Balaban J connectivity index is 1.35. The van der Waals surface area contributed by atoms with E-state index in [9.17, 15) is 9.59 Å². The maximum atomic E-state index is 12.1. The van der Waals surface area contributed by atoms with Crippen LogP contribution in [0.3, 0.4) is 0 Å². The van der Waals surface area contributed by atoms with Crippen LogP contribution < -0.4 is 15.5 Å². The smallest absolute Gasteiger partial charge is 0.317 e. The summed E-state index contributed by atoms with van der Waals surface area (Å²) < 4.78 is 1.91. The van der Waals surface area contributed by atoms with Gasteiger partial charge in [0.05, 0.1) is 6.20 Å². The van der Waals surface area contributed by atoms with Gasteiger partial charge in [-0.3, -0.25) is 19.4 Å². The van der Waals surface area contributed by atoms with Crippen LogP contribution in [0.1, 0.15) is 44.1 Å². The number of unbranched alkanes of at least 4 members (excludes halogenated alkanes) is 1. The van der Waals surface area contributed by atoms with Crippen molar-refractivity contribution in [3.8, 4) is 0 Å². The Morgan fingerprint density at radius 1 is 1.19 bits per heavy atom. The fourth-order valence-corrected chi connectivity index (χ4v) is 4.08. The molecule has 2 aromatic heterocycles. The molecule has 0 unspecified atom stereocenters. The minimum absolute atomic E-state index is 0.225. The van der Waals surface area contributed by atoms with Crippen LogP contribution in [0.2, 0.25) is 0 Å². The highest BCUT2D eigenvalue weighted by Crippen LogP contribution is 2.22. The molecule has 2 N–H and O–H groups in total. The number of nitrogens with one attached hydrogen (secondary N) is 2. The molecule has 2 aliphatic heterocycles. The first kappa shape index (κ1) is 18.0. The van der Waals surface area contributed by atoms with Gasteiger partial charge in [-0.15, -0.1) is 0 Å². The highest BCUT2D eigenvalue weighted by atomic mass is 16.2. The average Bonchev–Trinajstić information content (AvgIpc) is 3.09. The first-order chi connectivity index (χ1) is 13.2. The second-order valence-electron chi connectivity index (χ2n) is 7.57. The van der Waals surface area contributed by atoms with E-state index >= 15 is 0 Å². The van der Waals surface area contributed by atoms with Gasteiger partial charge in [0.2, 0.25) is 5.91 Å². The number of nitrogens with zero attached hydrogens (tertiary/aromatic N) is 3. The number of pyridine rings is 1. The summed E-state index contributed by atoms with van der Waals surface area (Å²) in [5.41, 5.74) is 2.12. The predicted octanol–water partition coefficient (Wildman–Crippen LogP) is 2.49. The molecule has 27 heavy (non-hydrogen) atoms. The average molecular weight is 369 g/mol. The molecule has 0 atom stereocenters. The molecule has 0 spiro atoms. The highest BCUT2D eigenvalue weighted by molar-refractivity contribution is 6.05. The number of hydrogen-bond acceptors (Lipinski definition) is 4. The molecule has 3 amide bonds. The van der Waals surface area contributed by atoms with Gasteiger partial charge in [0.15, 0.2) is 0 Å². The lowest BCUT2D eigenvalue weighted by atomic mass is 9.92. The Labute approximate surface area is 159 Å². The van der Waals surface area contributed by atoms with Gasteiger partial charge < -0.3 is 5.32 Å². The maximum absolute atomic E-state index is 12.1. The lowest BCUT2D eigenvalue weighted by molar-refractivity contribution is -0.120. The molecular formula is C20H27N5O2. The number of hydrogen-bond donors (Lipinski definition) is 2. The minimum atomic E-state index is -0.380. The van der Waals surface area contributed by atoms with Gasteiger partial charge in [0.25, 0.3) is 0 Å². The third-order valence-electron chi connectivity index (χ3n) is 5.68. The van der Waals surface area contributed by atoms with Gasteiger partial charge in [-0.05, 0) is 62.4 Å². The molecule has 2 saturated heterocycles. The number of carbonyl (C=O) groups excluding carboxylic acids is 2. The number of amides is 3. The van der Waals surface area contributed by atoms with Crippen molar-refractivity contribution < 1.29 is 9.59 Å². The normalized spacial score (nSPS) is 18.9. The lowest BCUT2D eigenvalue weighted by Gasteiger charge is -2.25. The number of urea groups is 1. The monoisotopic (exact) mass is 369 g/mol. The molecule has 4 heterocycles. The summed E-state index contributed by atoms with van der Waals surface area (Å²) in [6.45, 7) is 2.73. The van der Waals surface area contributed by atoms with Crippen LogP contribution in [0.25, 0.3) is 5.65 Å². The minimum Gasteiger partial charge on any atom is -0.317 e. The molecule has 0 aromatic carbocycles. The first-order valence-corrected chi connectivity index (χ1v) is 9.99. The maximum Gasteiger partial charge on any atom is 0.329 e. The van der Waals surface area contributed by atoms with Gasteiger partial charge in [0, 0.05) is 19.2 Å². The molecule has 2 aliphatic rings. The molecule has 7 nitrogen and oxygen atoms in total. The number of aryl methyl sites for hydroxylation is 1. The molecule has 0 saturated carbocycles. The van der Waals surface area contributed by atoms with Crippen molar-refractivity contribution in [2.75, 3.05) is 24.5 Å². The summed E-state index contributed by atoms with van der Waals surface area (Å²) in [6, 6.07) is 3.83. The number of rotatable bonds is 6. The summed E-state index contributed by atoms with van der Waals surface area (Å²) in [6.07, 6.45) is 11.5. The number of carbonyl (C=O) groups is 2. The summed E-state index contributed by atoms with van der Waals surface area (Å²) in [7, 11) is 0. The number of aromatic nitrogens is 2.